The molecule has 0 bridgehead atoms. The van der Waals surface area contributed by atoms with Crippen LogP contribution in [0.5, 0.6) is 5.75 Å². The summed E-state index contributed by atoms with van der Waals surface area (Å²) in [4.78, 5) is 139. The first-order valence-corrected chi connectivity index (χ1v) is 45.9. The lowest BCUT2D eigenvalue weighted by Crippen LogP contribution is -2.44. The minimum Gasteiger partial charge on any atom is -0.492 e. The first-order chi connectivity index (χ1) is 66.7. The summed E-state index contributed by atoms with van der Waals surface area (Å²) >= 11 is 0. The van der Waals surface area contributed by atoms with E-state index in [1.807, 2.05) is 183 Å². The van der Waals surface area contributed by atoms with E-state index in [4.69, 9.17) is 4.74 Å². The Labute approximate surface area is 797 Å². The summed E-state index contributed by atoms with van der Waals surface area (Å²) in [5, 5.41) is 11.9. The van der Waals surface area contributed by atoms with Crippen LogP contribution in [0.4, 0.5) is 77.6 Å². The minimum atomic E-state index is -0.644. The van der Waals surface area contributed by atoms with Gasteiger partial charge in [-0.1, -0.05) is 141 Å². The molecule has 704 valence electrons. The number of aliphatic hydroxyl groups is 1. The van der Waals surface area contributed by atoms with Crippen molar-refractivity contribution in [2.75, 3.05) is 52.4 Å². The number of anilines is 8. The van der Waals surface area contributed by atoms with E-state index in [9.17, 15) is 42.7 Å². The van der Waals surface area contributed by atoms with Crippen molar-refractivity contribution in [3.8, 4) is 17.3 Å². The van der Waals surface area contributed by atoms with Crippen molar-refractivity contribution in [2.45, 2.75) is 134 Å². The zero-order chi connectivity index (χ0) is 98.3. The number of rotatable bonds is 20. The summed E-state index contributed by atoms with van der Waals surface area (Å²) in [5.41, 5.74) is 23.4. The number of hydrogen-bond acceptors (Lipinski definition) is 22. The highest BCUT2D eigenvalue weighted by atomic mass is 19.1. The Morgan fingerprint density at radius 2 is 0.806 bits per heavy atom. The molecule has 6 aliphatic heterocycles. The molecule has 0 saturated carbocycles. The molecule has 1 unspecified atom stereocenters. The SMILES string of the molecule is C=c1nc2c(c(=O)[nH]1)=Nc1cc(C)c(C)cc1N2CC(O)Cc1ccccc1.C=c1nc2c(c(=O)[nH]1)=Nc1cc(C)c(C)cc1N2CCCc1c(F)cccc1F.C=c1nc2c(c(=O)[nH]1)=Nc1cc(C)c(C)cc1N2CCCc1ccccc1C.C=c1nc2c(c(=O)[nH]1)=Nc1cc(C)ccc1N2CCOc1ccccc1.Cc1cccc(CCCn2c3nc(=O)[nH]c(=O)c-3nc3cc(C)c(C)cc32)c1. The van der Waals surface area contributed by atoms with E-state index in [1.165, 1.54) is 46.0 Å². The third-order valence-corrected chi connectivity index (χ3v) is 24.9. The second-order valence-corrected chi connectivity index (χ2v) is 35.2. The first-order valence-electron chi connectivity index (χ1n) is 45.9. The summed E-state index contributed by atoms with van der Waals surface area (Å²) in [6.45, 7) is 40.6. The molecule has 0 amide bonds. The molecular formula is C109H106F2N20O8. The van der Waals surface area contributed by atoms with E-state index in [1.54, 1.807) is 0 Å². The van der Waals surface area contributed by atoms with E-state index in [0.29, 0.717) is 108 Å². The Morgan fingerprint density at radius 3 is 1.33 bits per heavy atom. The molecule has 20 rings (SSSR count). The van der Waals surface area contributed by atoms with Gasteiger partial charge in [-0.2, -0.15) is 4.98 Å². The monoisotopic (exact) mass is 1860 g/mol. The number of hydrogen-bond donors (Lipinski definition) is 6. The van der Waals surface area contributed by atoms with Crippen LogP contribution in [0, 0.1) is 87.8 Å². The standard InChI is InChI=1S/C23H24N4O.C22H20F2N4O.2C22H22N4O2.C20H18N4O2/c1-14-8-5-6-9-18(14)10-7-11-27-20-13-16(3)15(2)12-19(20)26-21-22(27)24-17(4)25-23(21)28;1-12-10-18-19(11-13(12)2)28(21-20(27-18)22(29)26-14(3)25-21)9-5-6-15-16(23)7-4-8-17(15)24;1-13-6-4-7-16(10-13)8-5-9-26-18-12-15(3)14(2)11-17(18)23-19-20(26)24-22(28)25-21(19)27;1-13-9-18-19(10-14(13)2)26(12-17(27)11-16-7-5-4-6-8-16)21-20(25-18)22(28)24-15(3)23-21;1-13-8-9-17-16(12-13)23-18-19(21-14(2)22-20(18)25)24(17)10-11-26-15-6-4-3-5-7-15/h5-6,8-9,12-13H,4,7,10-11H2,1-3H3,(H,25,28);4,7-8,10-11H,3,5-6,9H2,1-2H3,(H,26,29);4,6-7,10-12H,5,8-9H2,1-3H3,(H,25,27,28);4-10,17,27H,3,11-12H2,1-2H3,(H,24,28);3-9,12H,2,10-11H2,1H3,(H,22,25). The Morgan fingerprint density at radius 1 is 0.374 bits per heavy atom. The number of aromatic nitrogens is 12. The second kappa shape index (κ2) is 41.4. The highest BCUT2D eigenvalue weighted by Gasteiger charge is 2.31. The molecule has 6 N–H and O–H groups in total. The fourth-order valence-electron chi connectivity index (χ4n) is 17.2. The van der Waals surface area contributed by atoms with Gasteiger partial charge in [-0.15, -0.1) is 0 Å². The van der Waals surface area contributed by atoms with E-state index >= 15 is 0 Å². The number of para-hydroxylation sites is 1. The molecule has 10 aromatic carbocycles. The van der Waals surface area contributed by atoms with Crippen LogP contribution in [0.2, 0.25) is 0 Å². The molecule has 0 spiro atoms. The summed E-state index contributed by atoms with van der Waals surface area (Å²) in [5.74, 6) is 1.96. The molecule has 28 nitrogen and oxygen atoms in total. The topological polar surface area (TPSA) is 355 Å². The smallest absolute Gasteiger partial charge is 0.349 e. The highest BCUT2D eigenvalue weighted by Crippen LogP contribution is 2.42. The lowest BCUT2D eigenvalue weighted by atomic mass is 10.0. The fraction of sp³-hybridized carbons (Fsp3) is 0.229. The number of aryl methyl sites for hydroxylation is 14. The zero-order valence-corrected chi connectivity index (χ0v) is 79.3. The van der Waals surface area contributed by atoms with Crippen molar-refractivity contribution in [1.82, 2.24) is 59.4 Å². The van der Waals surface area contributed by atoms with Crippen molar-refractivity contribution in [3.05, 3.63) is 395 Å². The Bertz CT molecular complexity index is 8340. The molecule has 14 aromatic rings. The van der Waals surface area contributed by atoms with Gasteiger partial charge in [0.2, 0.25) is 0 Å². The molecule has 10 heterocycles. The van der Waals surface area contributed by atoms with E-state index < -0.39 is 29.0 Å². The van der Waals surface area contributed by atoms with Crippen molar-refractivity contribution >= 4 is 106 Å². The molecule has 0 fully saturated rings. The van der Waals surface area contributed by atoms with Gasteiger partial charge in [0.05, 0.1) is 75.7 Å². The average Bonchev–Trinajstić information content (AvgIpc) is 0.776. The van der Waals surface area contributed by atoms with Gasteiger partial charge in [0.25, 0.3) is 27.8 Å². The fourth-order valence-corrected chi connectivity index (χ4v) is 17.2. The molecule has 4 aromatic heterocycles. The van der Waals surface area contributed by atoms with Crippen LogP contribution in [-0.2, 0) is 32.2 Å². The van der Waals surface area contributed by atoms with Crippen molar-refractivity contribution in [2.24, 2.45) is 20.0 Å². The number of H-pyrrole nitrogens is 5. The number of nitrogens with one attached hydrogen (secondary N) is 5. The minimum absolute atomic E-state index is 0.0615. The van der Waals surface area contributed by atoms with E-state index in [0.717, 1.165) is 133 Å². The maximum Gasteiger partial charge on any atom is 0.349 e. The van der Waals surface area contributed by atoms with Crippen LogP contribution < -0.4 is 101 Å². The lowest BCUT2D eigenvalue weighted by Gasteiger charge is -2.30. The number of benzene rings is 10. The quantitative estimate of drug-likeness (QED) is 0.0386. The number of β-amino-alcohol motifs (C(OH)–C–C–N with tert-alkyl or cyclic N) is 1. The predicted molar refractivity (Wildman–Crippen MR) is 543 cm³/mol. The maximum atomic E-state index is 14.0. The van der Waals surface area contributed by atoms with E-state index in [-0.39, 0.29) is 61.6 Å². The van der Waals surface area contributed by atoms with Gasteiger partial charge in [0.1, 0.15) is 45.9 Å². The summed E-state index contributed by atoms with van der Waals surface area (Å²) in [6.07, 6.45) is 4.22. The van der Waals surface area contributed by atoms with Crippen LogP contribution in [-0.4, -0.2) is 103 Å². The van der Waals surface area contributed by atoms with Gasteiger partial charge in [0, 0.05) is 31.6 Å². The number of aromatic amines is 5. The van der Waals surface area contributed by atoms with Gasteiger partial charge < -0.3 is 53.9 Å². The second-order valence-electron chi connectivity index (χ2n) is 35.2. The Kier molecular flexibility index (Phi) is 28.5. The van der Waals surface area contributed by atoms with Crippen LogP contribution in [0.3, 0.4) is 0 Å². The third kappa shape index (κ3) is 21.6. The molecule has 139 heavy (non-hydrogen) atoms. The predicted octanol–water partition coefficient (Wildman–Crippen LogP) is 13.2. The summed E-state index contributed by atoms with van der Waals surface area (Å²) in [7, 11) is 0. The molecule has 1 atom stereocenters. The van der Waals surface area contributed by atoms with E-state index in [2.05, 4.69) is 194 Å². The summed E-state index contributed by atoms with van der Waals surface area (Å²) in [6, 6.07) is 62.3. The van der Waals surface area contributed by atoms with Gasteiger partial charge in [-0.05, 0) is 272 Å². The first kappa shape index (κ1) is 95.6. The molecular weight excluding hydrogens is 1760 g/mol. The average molecular weight is 1860 g/mol. The van der Waals surface area contributed by atoms with Crippen molar-refractivity contribution in [3.63, 3.8) is 0 Å². The number of nitrogens with zero attached hydrogens (tertiary/aromatic N) is 15. The zero-order valence-electron chi connectivity index (χ0n) is 79.3. The van der Waals surface area contributed by atoms with Gasteiger partial charge in [0.15, 0.2) is 56.2 Å². The number of fused-ring (bicyclic) bond motifs is 10. The van der Waals surface area contributed by atoms with Crippen molar-refractivity contribution in [1.29, 1.82) is 0 Å². The van der Waals surface area contributed by atoms with Gasteiger partial charge >= 0.3 is 5.69 Å². The van der Waals surface area contributed by atoms with Gasteiger partial charge in [-0.3, -0.25) is 29.0 Å². The molecule has 0 aliphatic carbocycles. The molecule has 6 aliphatic rings. The van der Waals surface area contributed by atoms with Crippen LogP contribution in [0.25, 0.3) is 48.9 Å². The Balaban J connectivity index is 0.000000125. The largest absolute Gasteiger partial charge is 0.492 e. The van der Waals surface area contributed by atoms with Crippen LogP contribution in [0.15, 0.2) is 243 Å². The highest BCUT2D eigenvalue weighted by molar-refractivity contribution is 5.83. The number of halogens is 2. The number of aliphatic hydroxyl groups excluding tert-OH is 1. The third-order valence-electron chi connectivity index (χ3n) is 24.9. The van der Waals surface area contributed by atoms with Crippen LogP contribution in [0.1, 0.15) is 103 Å². The Hall–Kier alpha value is -16.5. The lowest BCUT2D eigenvalue weighted by molar-refractivity contribution is 0.183. The molecule has 0 radical (unpaired) electrons. The number of ether oxygens (including phenoxy) is 1. The van der Waals surface area contributed by atoms with Crippen LogP contribution >= 0.6 is 0 Å². The molecule has 0 saturated heterocycles. The maximum absolute atomic E-state index is 14.0. The van der Waals surface area contributed by atoms with Crippen molar-refractivity contribution < 1.29 is 18.6 Å². The van der Waals surface area contributed by atoms with Gasteiger partial charge in [-0.25, -0.2) is 58.5 Å². The normalized spacial score (nSPS) is 12.3. The molecule has 30 heteroatoms. The summed E-state index contributed by atoms with van der Waals surface area (Å²) < 4.78 is 35.7.